The van der Waals surface area contributed by atoms with Crippen molar-refractivity contribution >= 4 is 11.8 Å². The number of nitrogens with zero attached hydrogens (tertiary/aromatic N) is 1. The van der Waals surface area contributed by atoms with Crippen LogP contribution in [0.1, 0.15) is 40.4 Å². The molecule has 2 aromatic carbocycles. The number of carbonyl (C=O) groups excluding carboxylic acids is 2. The first-order chi connectivity index (χ1) is 13.5. The van der Waals surface area contributed by atoms with E-state index in [1.54, 1.807) is 26.4 Å². The Morgan fingerprint density at radius 3 is 2.68 bits per heavy atom. The fourth-order valence-corrected chi connectivity index (χ4v) is 3.63. The van der Waals surface area contributed by atoms with Crippen LogP contribution in [-0.4, -0.2) is 44.0 Å². The van der Waals surface area contributed by atoms with E-state index in [1.165, 1.54) is 0 Å². The van der Waals surface area contributed by atoms with Crippen LogP contribution >= 0.6 is 0 Å². The van der Waals surface area contributed by atoms with Crippen molar-refractivity contribution < 1.29 is 19.1 Å². The third kappa shape index (κ3) is 4.27. The van der Waals surface area contributed by atoms with Crippen LogP contribution < -0.4 is 14.8 Å². The smallest absolute Gasteiger partial charge is 0.251 e. The topological polar surface area (TPSA) is 67.9 Å². The monoisotopic (exact) mass is 382 g/mol. The van der Waals surface area contributed by atoms with Crippen LogP contribution in [-0.2, 0) is 4.79 Å². The first kappa shape index (κ1) is 19.7. The summed E-state index contributed by atoms with van der Waals surface area (Å²) in [7, 11) is 3.22. The predicted octanol–water partition coefficient (Wildman–Crippen LogP) is 3.11. The van der Waals surface area contributed by atoms with Gasteiger partial charge in [0.2, 0.25) is 5.91 Å². The molecule has 1 aliphatic heterocycles. The summed E-state index contributed by atoms with van der Waals surface area (Å²) in [5.41, 5.74) is 2.52. The van der Waals surface area contributed by atoms with Crippen LogP contribution in [0.25, 0.3) is 0 Å². The summed E-state index contributed by atoms with van der Waals surface area (Å²) < 4.78 is 10.8. The highest BCUT2D eigenvalue weighted by molar-refractivity contribution is 5.96. The van der Waals surface area contributed by atoms with Crippen LogP contribution in [0.3, 0.4) is 0 Å². The van der Waals surface area contributed by atoms with Gasteiger partial charge in [-0.05, 0) is 44.0 Å². The molecule has 0 radical (unpaired) electrons. The molecule has 1 unspecified atom stereocenters. The zero-order valence-corrected chi connectivity index (χ0v) is 16.5. The van der Waals surface area contributed by atoms with E-state index in [9.17, 15) is 9.59 Å². The van der Waals surface area contributed by atoms with Gasteiger partial charge in [0.1, 0.15) is 11.5 Å². The third-order valence-corrected chi connectivity index (χ3v) is 5.05. The number of hydrogen-bond acceptors (Lipinski definition) is 4. The van der Waals surface area contributed by atoms with Gasteiger partial charge in [-0.15, -0.1) is 0 Å². The van der Waals surface area contributed by atoms with Gasteiger partial charge in [0, 0.05) is 23.7 Å². The summed E-state index contributed by atoms with van der Waals surface area (Å²) in [6.45, 7) is 2.57. The molecule has 1 N–H and O–H groups in total. The molecule has 6 nitrogen and oxygen atoms in total. The number of aryl methyl sites for hydroxylation is 1. The lowest BCUT2D eigenvalue weighted by atomic mass is 10.0. The van der Waals surface area contributed by atoms with E-state index in [1.807, 2.05) is 42.2 Å². The van der Waals surface area contributed by atoms with E-state index in [0.717, 1.165) is 24.0 Å². The molecule has 1 heterocycles. The molecular weight excluding hydrogens is 356 g/mol. The molecule has 1 saturated heterocycles. The molecule has 28 heavy (non-hydrogen) atoms. The lowest BCUT2D eigenvalue weighted by Gasteiger charge is -2.26. The summed E-state index contributed by atoms with van der Waals surface area (Å²) in [5.74, 6) is 1.07. The molecule has 2 amide bonds. The summed E-state index contributed by atoms with van der Waals surface area (Å²) in [6, 6.07) is 12.9. The standard InChI is InChI=1S/C22H26N2O4/c1-15-6-4-7-16(12-15)22(26)23-14-21(25)24-11-5-8-19(24)18-10-9-17(27-2)13-20(18)28-3/h4,6-7,9-10,12-13,19H,5,8,11,14H2,1-3H3,(H,23,26). The Labute approximate surface area is 165 Å². The second kappa shape index (κ2) is 8.78. The SMILES string of the molecule is COc1ccc(C2CCCN2C(=O)CNC(=O)c2cccc(C)c2)c(OC)c1. The van der Waals surface area contributed by atoms with E-state index in [-0.39, 0.29) is 24.4 Å². The maximum Gasteiger partial charge on any atom is 0.251 e. The van der Waals surface area contributed by atoms with Crippen LogP contribution in [0.2, 0.25) is 0 Å². The van der Waals surface area contributed by atoms with Gasteiger partial charge in [0.15, 0.2) is 0 Å². The molecule has 0 aromatic heterocycles. The lowest BCUT2D eigenvalue weighted by Crippen LogP contribution is -2.39. The van der Waals surface area contributed by atoms with Crippen molar-refractivity contribution in [1.82, 2.24) is 10.2 Å². The van der Waals surface area contributed by atoms with Gasteiger partial charge < -0.3 is 19.7 Å². The summed E-state index contributed by atoms with van der Waals surface area (Å²) in [4.78, 5) is 26.9. The van der Waals surface area contributed by atoms with Gasteiger partial charge in [0.25, 0.3) is 5.91 Å². The minimum Gasteiger partial charge on any atom is -0.497 e. The van der Waals surface area contributed by atoms with Crippen molar-refractivity contribution in [3.05, 3.63) is 59.2 Å². The predicted molar refractivity (Wildman–Crippen MR) is 107 cm³/mol. The summed E-state index contributed by atoms with van der Waals surface area (Å²) >= 11 is 0. The van der Waals surface area contributed by atoms with Gasteiger partial charge in [-0.3, -0.25) is 9.59 Å². The Bertz CT molecular complexity index is 865. The third-order valence-electron chi connectivity index (χ3n) is 5.05. The highest BCUT2D eigenvalue weighted by atomic mass is 16.5. The van der Waals surface area contributed by atoms with Gasteiger partial charge in [0.05, 0.1) is 26.8 Å². The molecule has 0 aliphatic carbocycles. The number of amides is 2. The van der Waals surface area contributed by atoms with E-state index >= 15 is 0 Å². The van der Waals surface area contributed by atoms with Gasteiger partial charge in [-0.2, -0.15) is 0 Å². The summed E-state index contributed by atoms with van der Waals surface area (Å²) in [5, 5.41) is 2.74. The largest absolute Gasteiger partial charge is 0.497 e. The second-order valence-electron chi connectivity index (χ2n) is 6.91. The number of rotatable bonds is 6. The average Bonchev–Trinajstić information content (AvgIpc) is 3.20. The van der Waals surface area contributed by atoms with E-state index in [2.05, 4.69) is 5.32 Å². The van der Waals surface area contributed by atoms with Gasteiger partial charge in [-0.25, -0.2) is 0 Å². The minimum atomic E-state index is -0.241. The number of nitrogens with one attached hydrogen (secondary N) is 1. The van der Waals surface area contributed by atoms with Crippen LogP contribution in [0.15, 0.2) is 42.5 Å². The van der Waals surface area contributed by atoms with E-state index < -0.39 is 0 Å². The maximum absolute atomic E-state index is 12.8. The van der Waals surface area contributed by atoms with Crippen molar-refractivity contribution in [3.8, 4) is 11.5 Å². The number of ether oxygens (including phenoxy) is 2. The zero-order valence-electron chi connectivity index (χ0n) is 16.5. The number of carbonyl (C=O) groups is 2. The van der Waals surface area contributed by atoms with E-state index in [0.29, 0.717) is 23.6 Å². The maximum atomic E-state index is 12.8. The molecule has 1 fully saturated rings. The lowest BCUT2D eigenvalue weighted by molar-refractivity contribution is -0.131. The van der Waals surface area contributed by atoms with Crippen LogP contribution in [0.4, 0.5) is 0 Å². The Kier molecular flexibility index (Phi) is 6.19. The highest BCUT2D eigenvalue weighted by Gasteiger charge is 2.32. The Morgan fingerprint density at radius 2 is 1.96 bits per heavy atom. The molecule has 0 spiro atoms. The molecule has 2 aromatic rings. The molecule has 3 rings (SSSR count). The van der Waals surface area contributed by atoms with Crippen LogP contribution in [0.5, 0.6) is 11.5 Å². The quantitative estimate of drug-likeness (QED) is 0.834. The first-order valence-corrected chi connectivity index (χ1v) is 9.39. The fourth-order valence-electron chi connectivity index (χ4n) is 3.63. The van der Waals surface area contributed by atoms with Crippen LogP contribution in [0, 0.1) is 6.92 Å². The Hall–Kier alpha value is -3.02. The summed E-state index contributed by atoms with van der Waals surface area (Å²) in [6.07, 6.45) is 1.78. The Balaban J connectivity index is 1.69. The molecule has 148 valence electrons. The van der Waals surface area contributed by atoms with Crippen molar-refractivity contribution in [1.29, 1.82) is 0 Å². The molecule has 1 aliphatic rings. The first-order valence-electron chi connectivity index (χ1n) is 9.39. The highest BCUT2D eigenvalue weighted by Crippen LogP contribution is 2.38. The number of hydrogen-bond donors (Lipinski definition) is 1. The average molecular weight is 382 g/mol. The van der Waals surface area contributed by atoms with E-state index in [4.69, 9.17) is 9.47 Å². The number of likely N-dealkylation sites (tertiary alicyclic amines) is 1. The second-order valence-corrected chi connectivity index (χ2v) is 6.91. The molecule has 0 saturated carbocycles. The van der Waals surface area contributed by atoms with Crippen molar-refractivity contribution in [3.63, 3.8) is 0 Å². The molecule has 1 atom stereocenters. The Morgan fingerprint density at radius 1 is 1.14 bits per heavy atom. The van der Waals surface area contributed by atoms with Crippen molar-refractivity contribution in [2.24, 2.45) is 0 Å². The van der Waals surface area contributed by atoms with Gasteiger partial charge in [-0.1, -0.05) is 17.7 Å². The van der Waals surface area contributed by atoms with Gasteiger partial charge >= 0.3 is 0 Å². The normalized spacial score (nSPS) is 16.0. The number of methoxy groups -OCH3 is 2. The molecule has 6 heteroatoms. The molecular formula is C22H26N2O4. The fraction of sp³-hybridized carbons (Fsp3) is 0.364. The minimum absolute atomic E-state index is 0.0260. The number of benzene rings is 2. The zero-order chi connectivity index (χ0) is 20.1. The molecule has 0 bridgehead atoms. The van der Waals surface area contributed by atoms with Crippen molar-refractivity contribution in [2.45, 2.75) is 25.8 Å². The van der Waals surface area contributed by atoms with Crippen molar-refractivity contribution in [2.75, 3.05) is 27.3 Å².